The molecule has 2 atom stereocenters. The molecule has 7 nitrogen and oxygen atoms in total. The van der Waals surface area contributed by atoms with Crippen molar-refractivity contribution in [3.8, 4) is 11.5 Å². The molecule has 11 heteroatoms. The number of alkyl halides is 3. The molecule has 0 spiro atoms. The van der Waals surface area contributed by atoms with Crippen molar-refractivity contribution < 1.29 is 31.8 Å². The second kappa shape index (κ2) is 8.64. The van der Waals surface area contributed by atoms with Crippen LogP contribution in [0.25, 0.3) is 0 Å². The van der Waals surface area contributed by atoms with E-state index in [-0.39, 0.29) is 17.9 Å². The van der Waals surface area contributed by atoms with E-state index in [1.807, 2.05) is 0 Å². The summed E-state index contributed by atoms with van der Waals surface area (Å²) in [5.74, 6) is -0.341. The second-order valence-electron chi connectivity index (χ2n) is 7.42. The highest BCUT2D eigenvalue weighted by Crippen LogP contribution is 2.43. The summed E-state index contributed by atoms with van der Waals surface area (Å²) in [6.45, 7) is 0. The van der Waals surface area contributed by atoms with E-state index >= 15 is 0 Å². The zero-order chi connectivity index (χ0) is 23.8. The average molecular weight is 464 g/mol. The van der Waals surface area contributed by atoms with E-state index < -0.39 is 30.0 Å². The molecule has 0 saturated heterocycles. The van der Waals surface area contributed by atoms with E-state index in [4.69, 9.17) is 9.47 Å². The van der Waals surface area contributed by atoms with E-state index in [1.165, 1.54) is 44.6 Å². The Hall–Kier alpha value is -3.76. The number of aromatic nitrogens is 2. The number of benzene rings is 2. The van der Waals surface area contributed by atoms with Crippen LogP contribution in [0.15, 0.2) is 48.5 Å². The summed E-state index contributed by atoms with van der Waals surface area (Å²) in [4.78, 5) is 12.8. The molecule has 4 rings (SSSR count). The van der Waals surface area contributed by atoms with Gasteiger partial charge >= 0.3 is 6.18 Å². The Morgan fingerprint density at radius 1 is 1.12 bits per heavy atom. The second-order valence-corrected chi connectivity index (χ2v) is 7.42. The van der Waals surface area contributed by atoms with Gasteiger partial charge in [0.05, 0.1) is 25.9 Å². The van der Waals surface area contributed by atoms with Gasteiger partial charge in [0.15, 0.2) is 11.7 Å². The lowest BCUT2D eigenvalue weighted by Crippen LogP contribution is -2.35. The lowest BCUT2D eigenvalue weighted by Gasteiger charge is -2.33. The predicted octanol–water partition coefficient (Wildman–Crippen LogP) is 4.95. The van der Waals surface area contributed by atoms with Crippen molar-refractivity contribution in [1.29, 1.82) is 0 Å². The van der Waals surface area contributed by atoms with Crippen LogP contribution in [-0.2, 0) is 0 Å². The number of methoxy groups -OCH3 is 2. The highest BCUT2D eigenvalue weighted by molar-refractivity contribution is 6.04. The molecule has 3 aromatic rings. The van der Waals surface area contributed by atoms with E-state index in [0.29, 0.717) is 22.7 Å². The van der Waals surface area contributed by atoms with Crippen LogP contribution in [0.4, 0.5) is 29.1 Å². The first-order chi connectivity index (χ1) is 15.7. The molecule has 0 fully saturated rings. The average Bonchev–Trinajstić information content (AvgIpc) is 3.22. The van der Waals surface area contributed by atoms with E-state index in [2.05, 4.69) is 15.7 Å². The van der Waals surface area contributed by atoms with Gasteiger partial charge in [-0.3, -0.25) is 4.79 Å². The van der Waals surface area contributed by atoms with Crippen molar-refractivity contribution >= 4 is 17.4 Å². The third-order valence-electron chi connectivity index (χ3n) is 5.35. The zero-order valence-electron chi connectivity index (χ0n) is 17.6. The summed E-state index contributed by atoms with van der Waals surface area (Å²) in [7, 11) is 2.89. The number of carbonyl (C=O) groups is 1. The third kappa shape index (κ3) is 4.57. The molecule has 1 aromatic heterocycles. The van der Waals surface area contributed by atoms with Gasteiger partial charge in [-0.05, 0) is 29.8 Å². The number of amides is 1. The van der Waals surface area contributed by atoms with Gasteiger partial charge in [-0.1, -0.05) is 12.1 Å². The number of fused-ring (bicyclic) bond motifs is 1. The number of halogens is 4. The van der Waals surface area contributed by atoms with Crippen molar-refractivity contribution in [3.05, 3.63) is 65.6 Å². The highest BCUT2D eigenvalue weighted by Gasteiger charge is 2.46. The standard InChI is InChI=1S/C22H20F4N4O3/c1-32-14-7-8-15(18(9-14)33-2)28-21(31)17-11-20-27-16(12-3-5-13(23)6-4-12)10-19(22(24,25)26)30(20)29-17/h3-9,11,16,19,27H,10H2,1-2H3,(H,28,31)/t16-,19-/m0/s1. The van der Waals surface area contributed by atoms with E-state index in [0.717, 1.165) is 4.68 Å². The fraction of sp³-hybridized carbons (Fsp3) is 0.273. The van der Waals surface area contributed by atoms with Crippen LogP contribution in [0, 0.1) is 5.82 Å². The fourth-order valence-electron chi connectivity index (χ4n) is 3.69. The van der Waals surface area contributed by atoms with Gasteiger partial charge in [0.1, 0.15) is 23.1 Å². The molecule has 0 saturated carbocycles. The van der Waals surface area contributed by atoms with Gasteiger partial charge in [-0.2, -0.15) is 18.3 Å². The molecule has 2 aromatic carbocycles. The van der Waals surface area contributed by atoms with Crippen LogP contribution >= 0.6 is 0 Å². The summed E-state index contributed by atoms with van der Waals surface area (Å²) in [6, 6.07) is 8.49. The number of anilines is 2. The topological polar surface area (TPSA) is 77.4 Å². The Balaban J connectivity index is 1.63. The molecular formula is C22H20F4N4O3. The highest BCUT2D eigenvalue weighted by atomic mass is 19.4. The Labute approximate surface area is 186 Å². The molecule has 0 bridgehead atoms. The van der Waals surface area contributed by atoms with Gasteiger partial charge < -0.3 is 20.1 Å². The maximum atomic E-state index is 13.8. The maximum absolute atomic E-state index is 13.8. The first-order valence-electron chi connectivity index (χ1n) is 9.91. The summed E-state index contributed by atoms with van der Waals surface area (Å²) in [5, 5.41) is 9.49. The summed E-state index contributed by atoms with van der Waals surface area (Å²) in [6.07, 6.45) is -4.97. The molecule has 33 heavy (non-hydrogen) atoms. The number of nitrogens with one attached hydrogen (secondary N) is 2. The number of rotatable bonds is 5. The number of hydrogen-bond donors (Lipinski definition) is 2. The van der Waals surface area contributed by atoms with Crippen molar-refractivity contribution in [2.45, 2.75) is 24.7 Å². The molecule has 0 aliphatic carbocycles. The summed E-state index contributed by atoms with van der Waals surface area (Å²) in [5.41, 5.74) is 0.593. The SMILES string of the molecule is COc1ccc(NC(=O)c2cc3n(n2)[C@H](C(F)(F)F)C[C@@H](c2ccc(F)cc2)N3)c(OC)c1. The molecule has 1 aliphatic heterocycles. The van der Waals surface area contributed by atoms with Gasteiger partial charge in [0.2, 0.25) is 0 Å². The summed E-state index contributed by atoms with van der Waals surface area (Å²) >= 11 is 0. The fourth-order valence-corrected chi connectivity index (χ4v) is 3.69. The molecule has 2 N–H and O–H groups in total. The Morgan fingerprint density at radius 2 is 1.85 bits per heavy atom. The lowest BCUT2D eigenvalue weighted by atomic mass is 9.97. The molecule has 1 amide bonds. The molecular weight excluding hydrogens is 444 g/mol. The van der Waals surface area contributed by atoms with E-state index in [1.54, 1.807) is 18.2 Å². The van der Waals surface area contributed by atoms with Gasteiger partial charge in [0, 0.05) is 18.6 Å². The normalized spacial score (nSPS) is 17.6. The molecule has 0 radical (unpaired) electrons. The van der Waals surface area contributed by atoms with Crippen molar-refractivity contribution in [2.24, 2.45) is 0 Å². The monoisotopic (exact) mass is 464 g/mol. The first-order valence-corrected chi connectivity index (χ1v) is 9.91. The van der Waals surface area contributed by atoms with Gasteiger partial charge in [-0.25, -0.2) is 9.07 Å². The minimum Gasteiger partial charge on any atom is -0.497 e. The van der Waals surface area contributed by atoms with Crippen molar-refractivity contribution in [2.75, 3.05) is 24.9 Å². The van der Waals surface area contributed by atoms with Crippen LogP contribution in [0.1, 0.15) is 34.6 Å². The number of ether oxygens (including phenoxy) is 2. The number of hydrogen-bond acceptors (Lipinski definition) is 5. The van der Waals surface area contributed by atoms with Crippen LogP contribution in [0.2, 0.25) is 0 Å². The Morgan fingerprint density at radius 3 is 2.48 bits per heavy atom. The largest absolute Gasteiger partial charge is 0.497 e. The number of nitrogens with zero attached hydrogens (tertiary/aromatic N) is 2. The lowest BCUT2D eigenvalue weighted by molar-refractivity contribution is -0.173. The van der Waals surface area contributed by atoms with Crippen molar-refractivity contribution in [3.63, 3.8) is 0 Å². The summed E-state index contributed by atoms with van der Waals surface area (Å²) < 4.78 is 65.8. The minimum absolute atomic E-state index is 0.0322. The molecule has 174 valence electrons. The first kappa shape index (κ1) is 22.4. The van der Waals surface area contributed by atoms with E-state index in [9.17, 15) is 22.4 Å². The molecule has 0 unspecified atom stereocenters. The van der Waals surface area contributed by atoms with Crippen molar-refractivity contribution in [1.82, 2.24) is 9.78 Å². The smallest absolute Gasteiger partial charge is 0.410 e. The zero-order valence-corrected chi connectivity index (χ0v) is 17.6. The predicted molar refractivity (Wildman–Crippen MR) is 112 cm³/mol. The minimum atomic E-state index is -4.60. The Bertz CT molecular complexity index is 1160. The van der Waals surface area contributed by atoms with Gasteiger partial charge in [-0.15, -0.1) is 0 Å². The van der Waals surface area contributed by atoms with Crippen LogP contribution in [0.3, 0.4) is 0 Å². The van der Waals surface area contributed by atoms with Gasteiger partial charge in [0.25, 0.3) is 5.91 Å². The Kier molecular flexibility index (Phi) is 5.88. The van der Waals surface area contributed by atoms with Crippen LogP contribution < -0.4 is 20.1 Å². The van der Waals surface area contributed by atoms with Crippen LogP contribution in [0.5, 0.6) is 11.5 Å². The number of carbonyl (C=O) groups excluding carboxylic acids is 1. The quantitative estimate of drug-likeness (QED) is 0.523. The third-order valence-corrected chi connectivity index (χ3v) is 5.35. The molecule has 1 aliphatic rings. The maximum Gasteiger partial charge on any atom is 0.410 e. The van der Waals surface area contributed by atoms with Crippen LogP contribution in [-0.4, -0.2) is 36.1 Å². The molecule has 2 heterocycles.